The van der Waals surface area contributed by atoms with Crippen LogP contribution in [0.15, 0.2) is 0 Å². The second-order valence-electron chi connectivity index (χ2n) is 2.62. The monoisotopic (exact) mass is 247 g/mol. The molecule has 1 heterocycles. The van der Waals surface area contributed by atoms with Gasteiger partial charge in [-0.25, -0.2) is 0 Å². The number of tetrazole rings is 1. The van der Waals surface area contributed by atoms with Crippen LogP contribution in [0.4, 0.5) is 0 Å². The molecule has 0 aromatic carbocycles. The maximum atomic E-state index is 11.2. The highest BCUT2D eigenvalue weighted by Crippen LogP contribution is 2.05. The van der Waals surface area contributed by atoms with Crippen LogP contribution in [0, 0.1) is 0 Å². The molecule has 1 aromatic rings. The molecule has 6 nitrogen and oxygen atoms in total. The number of nitrogens with one attached hydrogen (secondary N) is 2. The van der Waals surface area contributed by atoms with Crippen molar-refractivity contribution in [2.45, 2.75) is 24.7 Å². The third kappa shape index (κ3) is 2.76. The molecule has 0 spiro atoms. The molecule has 0 aliphatic carbocycles. The van der Waals surface area contributed by atoms with Crippen LogP contribution in [0.5, 0.6) is 0 Å². The zero-order chi connectivity index (χ0) is 9.84. The number of carbonyl (C=O) groups excluding carboxylic acids is 1. The molecule has 0 saturated carbocycles. The highest BCUT2D eigenvalue weighted by atomic mass is 79.9. The van der Waals surface area contributed by atoms with Crippen molar-refractivity contribution < 1.29 is 4.79 Å². The first-order valence-corrected chi connectivity index (χ1v) is 4.70. The molecule has 2 unspecified atom stereocenters. The van der Waals surface area contributed by atoms with Gasteiger partial charge in [-0.1, -0.05) is 21.1 Å². The molecular weight excluding hydrogens is 238 g/mol. The van der Waals surface area contributed by atoms with Crippen molar-refractivity contribution in [3.63, 3.8) is 0 Å². The van der Waals surface area contributed by atoms with Crippen LogP contribution in [-0.2, 0) is 4.79 Å². The fourth-order valence-electron chi connectivity index (χ4n) is 0.746. The second-order valence-corrected chi connectivity index (χ2v) is 3.99. The maximum absolute atomic E-state index is 11.2. The first-order chi connectivity index (χ1) is 6.11. The highest BCUT2D eigenvalue weighted by Gasteiger charge is 2.15. The van der Waals surface area contributed by atoms with E-state index in [0.29, 0.717) is 5.82 Å². The summed E-state index contributed by atoms with van der Waals surface area (Å²) in [5.41, 5.74) is 0. The van der Waals surface area contributed by atoms with E-state index in [0.717, 1.165) is 0 Å². The van der Waals surface area contributed by atoms with Gasteiger partial charge in [0.05, 0.1) is 10.9 Å². The van der Waals surface area contributed by atoms with E-state index in [-0.39, 0.29) is 16.8 Å². The lowest BCUT2D eigenvalue weighted by Crippen LogP contribution is -2.32. The fraction of sp³-hybridized carbons (Fsp3) is 0.667. The van der Waals surface area contributed by atoms with E-state index in [9.17, 15) is 4.79 Å². The topological polar surface area (TPSA) is 83.6 Å². The molecule has 0 aliphatic heterocycles. The van der Waals surface area contributed by atoms with E-state index in [1.54, 1.807) is 13.8 Å². The Labute approximate surface area is 83.6 Å². The predicted molar refractivity (Wildman–Crippen MR) is 49.1 cm³/mol. The Hall–Kier alpha value is -0.980. The molecule has 0 bridgehead atoms. The average molecular weight is 248 g/mol. The van der Waals surface area contributed by atoms with Crippen LogP contribution in [-0.4, -0.2) is 31.4 Å². The van der Waals surface area contributed by atoms with Gasteiger partial charge >= 0.3 is 0 Å². The van der Waals surface area contributed by atoms with E-state index in [1.165, 1.54) is 0 Å². The van der Waals surface area contributed by atoms with E-state index in [4.69, 9.17) is 0 Å². The van der Waals surface area contributed by atoms with Crippen molar-refractivity contribution >= 4 is 21.8 Å². The van der Waals surface area contributed by atoms with Gasteiger partial charge in [-0.05, 0) is 13.8 Å². The van der Waals surface area contributed by atoms with Crippen molar-refractivity contribution in [1.82, 2.24) is 25.9 Å². The Balaban J connectivity index is 2.51. The minimum atomic E-state index is -0.230. The molecule has 2 atom stereocenters. The molecule has 0 radical (unpaired) electrons. The summed E-state index contributed by atoms with van der Waals surface area (Å²) < 4.78 is 0. The molecule has 1 amide bonds. The van der Waals surface area contributed by atoms with Crippen LogP contribution in [0.2, 0.25) is 0 Å². The normalized spacial score (nSPS) is 15.0. The van der Waals surface area contributed by atoms with Crippen LogP contribution < -0.4 is 5.32 Å². The minimum Gasteiger partial charge on any atom is -0.345 e. The van der Waals surface area contributed by atoms with Crippen molar-refractivity contribution in [2.75, 3.05) is 0 Å². The van der Waals surface area contributed by atoms with Crippen LogP contribution in [0.1, 0.15) is 25.7 Å². The number of aromatic nitrogens is 4. The zero-order valence-corrected chi connectivity index (χ0v) is 8.87. The van der Waals surface area contributed by atoms with Crippen LogP contribution >= 0.6 is 15.9 Å². The minimum absolute atomic E-state index is 0.0997. The number of hydrogen-bond donors (Lipinski definition) is 2. The Morgan fingerprint density at radius 2 is 2.31 bits per heavy atom. The van der Waals surface area contributed by atoms with Crippen molar-refractivity contribution in [1.29, 1.82) is 0 Å². The van der Waals surface area contributed by atoms with E-state index in [2.05, 4.69) is 41.9 Å². The van der Waals surface area contributed by atoms with E-state index < -0.39 is 0 Å². The number of H-pyrrole nitrogens is 1. The van der Waals surface area contributed by atoms with Gasteiger partial charge in [0.2, 0.25) is 5.91 Å². The largest absolute Gasteiger partial charge is 0.345 e. The number of aromatic amines is 1. The molecule has 0 saturated heterocycles. The third-order valence-electron chi connectivity index (χ3n) is 1.47. The number of rotatable bonds is 3. The lowest BCUT2D eigenvalue weighted by molar-refractivity contribution is -0.120. The Kier molecular flexibility index (Phi) is 3.35. The first-order valence-electron chi connectivity index (χ1n) is 3.79. The molecule has 72 valence electrons. The SMILES string of the molecule is CC(Br)C(=O)NC(C)c1nn[nH]n1. The number of nitrogens with zero attached hydrogens (tertiary/aromatic N) is 3. The predicted octanol–water partition coefficient (Wildman–Crippen LogP) is 0.160. The summed E-state index contributed by atoms with van der Waals surface area (Å²) >= 11 is 3.16. The smallest absolute Gasteiger partial charge is 0.234 e. The fourth-order valence-corrected chi connectivity index (χ4v) is 0.878. The molecule has 7 heteroatoms. The van der Waals surface area contributed by atoms with E-state index >= 15 is 0 Å². The first kappa shape index (κ1) is 10.1. The van der Waals surface area contributed by atoms with Crippen molar-refractivity contribution in [2.24, 2.45) is 0 Å². The van der Waals surface area contributed by atoms with Crippen molar-refractivity contribution in [3.8, 4) is 0 Å². The number of carbonyl (C=O) groups is 1. The zero-order valence-electron chi connectivity index (χ0n) is 7.28. The lowest BCUT2D eigenvalue weighted by Gasteiger charge is -2.10. The van der Waals surface area contributed by atoms with Gasteiger partial charge < -0.3 is 5.32 Å². The standard InChI is InChI=1S/C6H10BrN5O/c1-3(7)6(13)8-4(2)5-9-11-12-10-5/h3-4H,1-2H3,(H,8,13)(H,9,10,11,12). The third-order valence-corrected chi connectivity index (χ3v) is 1.88. The number of amides is 1. The number of hydrogen-bond acceptors (Lipinski definition) is 4. The van der Waals surface area contributed by atoms with Gasteiger partial charge in [0, 0.05) is 0 Å². The molecule has 13 heavy (non-hydrogen) atoms. The van der Waals surface area contributed by atoms with Crippen LogP contribution in [0.25, 0.3) is 0 Å². The summed E-state index contributed by atoms with van der Waals surface area (Å²) in [6.07, 6.45) is 0. The van der Waals surface area contributed by atoms with Gasteiger partial charge in [-0.3, -0.25) is 4.79 Å². The molecule has 0 aliphatic rings. The molecular formula is C6H10BrN5O. The number of alkyl halides is 1. The summed E-state index contributed by atoms with van der Waals surface area (Å²) in [7, 11) is 0. The van der Waals surface area contributed by atoms with Gasteiger partial charge in [0.15, 0.2) is 5.82 Å². The summed E-state index contributed by atoms with van der Waals surface area (Å²) in [4.78, 5) is 11.0. The number of halogens is 1. The summed E-state index contributed by atoms with van der Waals surface area (Å²) in [6.45, 7) is 3.54. The molecule has 0 fully saturated rings. The molecule has 2 N–H and O–H groups in total. The van der Waals surface area contributed by atoms with Crippen LogP contribution in [0.3, 0.4) is 0 Å². The maximum Gasteiger partial charge on any atom is 0.234 e. The van der Waals surface area contributed by atoms with Gasteiger partial charge in [-0.2, -0.15) is 5.21 Å². The highest BCUT2D eigenvalue weighted by molar-refractivity contribution is 9.10. The molecule has 1 rings (SSSR count). The molecule has 1 aromatic heterocycles. The van der Waals surface area contributed by atoms with Gasteiger partial charge in [0.25, 0.3) is 0 Å². The Morgan fingerprint density at radius 1 is 1.62 bits per heavy atom. The van der Waals surface area contributed by atoms with Gasteiger partial charge in [0.1, 0.15) is 0 Å². The Morgan fingerprint density at radius 3 is 2.77 bits per heavy atom. The van der Waals surface area contributed by atoms with Crippen molar-refractivity contribution in [3.05, 3.63) is 5.82 Å². The quantitative estimate of drug-likeness (QED) is 0.746. The summed E-state index contributed by atoms with van der Waals surface area (Å²) in [5, 5.41) is 15.9. The second kappa shape index (κ2) is 4.31. The Bertz CT molecular complexity index is 273. The van der Waals surface area contributed by atoms with Gasteiger partial charge in [-0.15, -0.1) is 10.2 Å². The lowest BCUT2D eigenvalue weighted by atomic mass is 10.3. The summed E-state index contributed by atoms with van der Waals surface area (Å²) in [6, 6.07) is -0.230. The summed E-state index contributed by atoms with van der Waals surface area (Å²) in [5.74, 6) is 0.374. The van der Waals surface area contributed by atoms with E-state index in [1.807, 2.05) is 0 Å². The average Bonchev–Trinajstić information content (AvgIpc) is 2.55.